The first kappa shape index (κ1) is 11.6. The third kappa shape index (κ3) is 2.84. The minimum Gasteiger partial charge on any atom is -0.463 e. The van der Waals surface area contributed by atoms with Crippen molar-refractivity contribution in [3.63, 3.8) is 0 Å². The molecule has 0 radical (unpaired) electrons. The molecule has 17 heavy (non-hydrogen) atoms. The van der Waals surface area contributed by atoms with Crippen LogP contribution in [0.5, 0.6) is 0 Å². The number of nitrogens with zero attached hydrogens (tertiary/aromatic N) is 1. The quantitative estimate of drug-likeness (QED) is 0.748. The molecule has 0 bridgehead atoms. The average Bonchev–Trinajstić information content (AvgIpc) is 2.86. The van der Waals surface area contributed by atoms with Gasteiger partial charge in [-0.3, -0.25) is 0 Å². The number of hydrogen-bond donors (Lipinski definition) is 0. The number of hydrogen-bond acceptors (Lipinski definition) is 4. The summed E-state index contributed by atoms with van der Waals surface area (Å²) in [6.45, 7) is 2.38. The number of carbonyl (C=O) groups excluding carboxylic acids is 1. The fraction of sp³-hybridized carbons (Fsp3) is 0.385. The molecule has 2 rings (SSSR count). The van der Waals surface area contributed by atoms with Crippen LogP contribution in [0.1, 0.15) is 25.3 Å². The number of rotatable bonds is 4. The predicted molar refractivity (Wildman–Crippen MR) is 63.7 cm³/mol. The molecule has 1 aromatic carbocycles. The summed E-state index contributed by atoms with van der Waals surface area (Å²) in [7, 11) is 0. The molecule has 0 amide bonds. The molecule has 1 atom stereocenters. The van der Waals surface area contributed by atoms with Gasteiger partial charge in [-0.25, -0.2) is 4.79 Å². The fourth-order valence-corrected chi connectivity index (χ4v) is 1.60. The maximum absolute atomic E-state index is 11.6. The molecule has 4 nitrogen and oxygen atoms in total. The molecule has 0 fully saturated rings. The van der Waals surface area contributed by atoms with Crippen LogP contribution in [0.3, 0.4) is 0 Å². The van der Waals surface area contributed by atoms with Crippen LogP contribution in [-0.2, 0) is 14.4 Å². The van der Waals surface area contributed by atoms with E-state index in [0.29, 0.717) is 13.0 Å². The number of esters is 1. The van der Waals surface area contributed by atoms with Gasteiger partial charge in [-0.2, -0.15) is 0 Å². The zero-order chi connectivity index (χ0) is 12.1. The van der Waals surface area contributed by atoms with Crippen molar-refractivity contribution in [2.45, 2.75) is 25.9 Å². The van der Waals surface area contributed by atoms with Gasteiger partial charge in [0.2, 0.25) is 6.10 Å². The van der Waals surface area contributed by atoms with E-state index in [2.05, 4.69) is 5.16 Å². The zero-order valence-corrected chi connectivity index (χ0v) is 9.76. The first-order valence-electron chi connectivity index (χ1n) is 5.76. The molecular formula is C13H15NO3. The van der Waals surface area contributed by atoms with E-state index in [-0.39, 0.29) is 5.97 Å². The van der Waals surface area contributed by atoms with Gasteiger partial charge in [-0.15, -0.1) is 0 Å². The largest absolute Gasteiger partial charge is 0.463 e. The summed E-state index contributed by atoms with van der Waals surface area (Å²) >= 11 is 0. The van der Waals surface area contributed by atoms with E-state index in [4.69, 9.17) is 9.57 Å². The van der Waals surface area contributed by atoms with Gasteiger partial charge in [0.15, 0.2) is 0 Å². The lowest BCUT2D eigenvalue weighted by atomic mass is 10.1. The minimum atomic E-state index is -0.586. The van der Waals surface area contributed by atoms with Crippen molar-refractivity contribution in [2.24, 2.45) is 5.16 Å². The molecule has 1 aromatic rings. The zero-order valence-electron chi connectivity index (χ0n) is 9.76. The van der Waals surface area contributed by atoms with E-state index in [9.17, 15) is 4.79 Å². The second-order valence-corrected chi connectivity index (χ2v) is 3.87. The van der Waals surface area contributed by atoms with Gasteiger partial charge in [0.1, 0.15) is 0 Å². The number of benzene rings is 1. The molecule has 1 aliphatic rings. The lowest BCUT2D eigenvalue weighted by Crippen LogP contribution is -2.23. The molecule has 1 unspecified atom stereocenters. The first-order valence-corrected chi connectivity index (χ1v) is 5.76. The monoisotopic (exact) mass is 233 g/mol. The van der Waals surface area contributed by atoms with Crippen molar-refractivity contribution < 1.29 is 14.4 Å². The van der Waals surface area contributed by atoms with Crippen molar-refractivity contribution in [1.82, 2.24) is 0 Å². The molecule has 0 spiro atoms. The van der Waals surface area contributed by atoms with Gasteiger partial charge >= 0.3 is 5.97 Å². The molecule has 0 aromatic heterocycles. The van der Waals surface area contributed by atoms with Crippen molar-refractivity contribution in [2.75, 3.05) is 6.61 Å². The Balaban J connectivity index is 1.93. The highest BCUT2D eigenvalue weighted by Gasteiger charge is 2.29. The summed E-state index contributed by atoms with van der Waals surface area (Å²) in [4.78, 5) is 16.7. The van der Waals surface area contributed by atoms with Gasteiger partial charge in [-0.05, 0) is 12.0 Å². The maximum atomic E-state index is 11.6. The summed E-state index contributed by atoms with van der Waals surface area (Å²) in [5.41, 5.74) is 1.78. The molecule has 0 saturated heterocycles. The third-order valence-corrected chi connectivity index (χ3v) is 2.49. The lowest BCUT2D eigenvalue weighted by Gasteiger charge is -2.07. The number of carbonyl (C=O) groups is 1. The molecule has 0 saturated carbocycles. The smallest absolute Gasteiger partial charge is 0.350 e. The second-order valence-electron chi connectivity index (χ2n) is 3.87. The Morgan fingerprint density at radius 3 is 2.94 bits per heavy atom. The highest BCUT2D eigenvalue weighted by Crippen LogP contribution is 2.17. The van der Waals surface area contributed by atoms with E-state index >= 15 is 0 Å². The van der Waals surface area contributed by atoms with Crippen LogP contribution < -0.4 is 0 Å². The summed E-state index contributed by atoms with van der Waals surface area (Å²) < 4.78 is 5.02. The molecule has 90 valence electrons. The first-order chi connectivity index (χ1) is 8.31. The van der Waals surface area contributed by atoms with Gasteiger partial charge < -0.3 is 9.57 Å². The van der Waals surface area contributed by atoms with Crippen LogP contribution in [-0.4, -0.2) is 24.4 Å². The highest BCUT2D eigenvalue weighted by atomic mass is 16.7. The van der Waals surface area contributed by atoms with Crippen LogP contribution in [0, 0.1) is 0 Å². The van der Waals surface area contributed by atoms with Crippen LogP contribution >= 0.6 is 0 Å². The highest BCUT2D eigenvalue weighted by molar-refractivity contribution is 6.03. The standard InChI is InChI=1S/C13H15NO3/c1-2-8-16-13(15)12-9-11(14-17-12)10-6-4-3-5-7-10/h3-7,12H,2,8-9H2,1H3. The van der Waals surface area contributed by atoms with E-state index in [1.165, 1.54) is 0 Å². The SMILES string of the molecule is CCCOC(=O)C1CC(c2ccccc2)=NO1. The van der Waals surface area contributed by atoms with Crippen molar-refractivity contribution in [1.29, 1.82) is 0 Å². The maximum Gasteiger partial charge on any atom is 0.350 e. The van der Waals surface area contributed by atoms with E-state index in [1.807, 2.05) is 37.3 Å². The summed E-state index contributed by atoms with van der Waals surface area (Å²) in [6.07, 6.45) is 0.703. The van der Waals surface area contributed by atoms with Crippen molar-refractivity contribution in [3.05, 3.63) is 35.9 Å². The number of ether oxygens (including phenoxy) is 1. The Hall–Kier alpha value is -1.84. The van der Waals surface area contributed by atoms with E-state index < -0.39 is 6.10 Å². The Morgan fingerprint density at radius 1 is 1.47 bits per heavy atom. The van der Waals surface area contributed by atoms with Crippen LogP contribution in [0.2, 0.25) is 0 Å². The van der Waals surface area contributed by atoms with E-state index in [0.717, 1.165) is 17.7 Å². The summed E-state index contributed by atoms with van der Waals surface area (Å²) in [5, 5.41) is 3.93. The minimum absolute atomic E-state index is 0.332. The molecule has 0 N–H and O–H groups in total. The second kappa shape index (κ2) is 5.48. The summed E-state index contributed by atoms with van der Waals surface area (Å²) in [6, 6.07) is 9.69. The average molecular weight is 233 g/mol. The lowest BCUT2D eigenvalue weighted by molar-refractivity contribution is -0.155. The van der Waals surface area contributed by atoms with Crippen molar-refractivity contribution >= 4 is 11.7 Å². The van der Waals surface area contributed by atoms with Crippen LogP contribution in [0.25, 0.3) is 0 Å². The topological polar surface area (TPSA) is 47.9 Å². The Morgan fingerprint density at radius 2 is 2.24 bits per heavy atom. The van der Waals surface area contributed by atoms with Crippen LogP contribution in [0.4, 0.5) is 0 Å². The molecule has 1 aliphatic heterocycles. The van der Waals surface area contributed by atoms with Gasteiger partial charge in [0.25, 0.3) is 0 Å². The Bertz CT molecular complexity index is 414. The Labute approximate surface area is 100 Å². The molecule has 1 heterocycles. The number of oxime groups is 1. The van der Waals surface area contributed by atoms with Gasteiger partial charge in [0.05, 0.1) is 12.3 Å². The normalized spacial score (nSPS) is 18.4. The summed E-state index contributed by atoms with van der Waals surface area (Å²) in [5.74, 6) is -0.332. The van der Waals surface area contributed by atoms with Crippen molar-refractivity contribution in [3.8, 4) is 0 Å². The molecule has 0 aliphatic carbocycles. The van der Waals surface area contributed by atoms with E-state index in [1.54, 1.807) is 0 Å². The van der Waals surface area contributed by atoms with Gasteiger partial charge in [-0.1, -0.05) is 42.4 Å². The third-order valence-electron chi connectivity index (χ3n) is 2.49. The Kier molecular flexibility index (Phi) is 3.75. The molecular weight excluding hydrogens is 218 g/mol. The fourth-order valence-electron chi connectivity index (χ4n) is 1.60. The predicted octanol–water partition coefficient (Wildman–Crippen LogP) is 2.13. The molecule has 4 heteroatoms. The van der Waals surface area contributed by atoms with Crippen LogP contribution in [0.15, 0.2) is 35.5 Å². The van der Waals surface area contributed by atoms with Gasteiger partial charge in [0, 0.05) is 6.42 Å².